The number of fused-ring (bicyclic) bond motifs is 1. The van der Waals surface area contributed by atoms with E-state index in [4.69, 9.17) is 4.98 Å². The number of nitrogens with one attached hydrogen (secondary N) is 1. The maximum atomic E-state index is 13.3. The lowest BCUT2D eigenvalue weighted by atomic mass is 10.0. The highest BCUT2D eigenvalue weighted by Crippen LogP contribution is 2.27. The summed E-state index contributed by atoms with van der Waals surface area (Å²) in [4.78, 5) is 18.0. The number of hydrogen-bond donors (Lipinski definition) is 3. The Kier molecular flexibility index (Phi) is 6.09. The van der Waals surface area contributed by atoms with Crippen LogP contribution in [0.15, 0.2) is 71.8 Å². The molecule has 4 rings (SSSR count). The predicted octanol–water partition coefficient (Wildman–Crippen LogP) is 5.47. The molecule has 0 aliphatic carbocycles. The molecule has 33 heavy (non-hydrogen) atoms. The molecule has 166 valence electrons. The minimum atomic E-state index is -0.382. The van der Waals surface area contributed by atoms with Crippen LogP contribution in [0.1, 0.15) is 40.4 Å². The Morgan fingerprint density at radius 2 is 1.64 bits per heavy atom. The van der Waals surface area contributed by atoms with Gasteiger partial charge in [0.1, 0.15) is 11.5 Å². The number of nitrogens with zero attached hydrogens (tertiary/aromatic N) is 2. The molecule has 0 bridgehead atoms. The van der Waals surface area contributed by atoms with Crippen molar-refractivity contribution in [3.8, 4) is 22.8 Å². The van der Waals surface area contributed by atoms with Gasteiger partial charge in [-0.2, -0.15) is 5.10 Å². The summed E-state index contributed by atoms with van der Waals surface area (Å²) >= 11 is 0. The number of rotatable bonds is 5. The smallest absolute Gasteiger partial charge is 0.272 e. The zero-order valence-corrected chi connectivity index (χ0v) is 18.8. The maximum Gasteiger partial charge on any atom is 0.272 e. The van der Waals surface area contributed by atoms with Gasteiger partial charge in [0.05, 0.1) is 22.5 Å². The minimum absolute atomic E-state index is 0.00798. The van der Waals surface area contributed by atoms with Crippen LogP contribution in [0.4, 0.5) is 0 Å². The van der Waals surface area contributed by atoms with Crippen LogP contribution in [0.2, 0.25) is 0 Å². The van der Waals surface area contributed by atoms with Crippen molar-refractivity contribution in [1.29, 1.82) is 0 Å². The van der Waals surface area contributed by atoms with E-state index in [9.17, 15) is 15.0 Å². The Labute approximate surface area is 192 Å². The van der Waals surface area contributed by atoms with Gasteiger partial charge in [-0.1, -0.05) is 48.4 Å². The normalized spacial score (nSPS) is 11.5. The first kappa shape index (κ1) is 22.0. The Hall–Kier alpha value is -4.19. The molecular weight excluding hydrogens is 414 g/mol. The van der Waals surface area contributed by atoms with E-state index in [-0.39, 0.29) is 17.4 Å². The van der Waals surface area contributed by atoms with Gasteiger partial charge < -0.3 is 10.2 Å². The molecular formula is C27H25N3O3. The van der Waals surface area contributed by atoms with Gasteiger partial charge >= 0.3 is 0 Å². The van der Waals surface area contributed by atoms with Gasteiger partial charge in [-0.05, 0) is 56.7 Å². The number of carbonyl (C=O) groups is 1. The third kappa shape index (κ3) is 4.70. The number of benzene rings is 3. The first-order valence-electron chi connectivity index (χ1n) is 10.7. The molecule has 0 saturated carbocycles. The fraction of sp³-hybridized carbons (Fsp3) is 0.148. The number of pyridine rings is 1. The van der Waals surface area contributed by atoms with Gasteiger partial charge in [-0.25, -0.2) is 10.4 Å². The van der Waals surface area contributed by atoms with Crippen molar-refractivity contribution in [3.63, 3.8) is 0 Å². The molecule has 0 aliphatic rings. The Bertz CT molecular complexity index is 1380. The molecule has 0 aliphatic heterocycles. The first-order chi connectivity index (χ1) is 15.9. The number of hydrazone groups is 1. The van der Waals surface area contributed by atoms with Gasteiger partial charge in [0, 0.05) is 16.5 Å². The summed E-state index contributed by atoms with van der Waals surface area (Å²) in [5.74, 6) is -0.394. The Morgan fingerprint density at radius 3 is 2.36 bits per heavy atom. The zero-order valence-electron chi connectivity index (χ0n) is 18.8. The van der Waals surface area contributed by atoms with Crippen LogP contribution in [0, 0.1) is 13.8 Å². The van der Waals surface area contributed by atoms with E-state index >= 15 is 0 Å². The van der Waals surface area contributed by atoms with E-state index in [1.807, 2.05) is 63.2 Å². The van der Waals surface area contributed by atoms with E-state index in [1.54, 1.807) is 6.07 Å². The van der Waals surface area contributed by atoms with E-state index < -0.39 is 0 Å². The SMILES string of the molecule is CCC(=NNC(=O)c1cc(-c2ccc(C)cc2)nc2ccc(C)cc12)c1cc(O)ccc1O. The van der Waals surface area contributed by atoms with E-state index in [1.165, 1.54) is 18.2 Å². The van der Waals surface area contributed by atoms with Crippen molar-refractivity contribution in [2.24, 2.45) is 5.10 Å². The summed E-state index contributed by atoms with van der Waals surface area (Å²) in [6.07, 6.45) is 0.447. The highest BCUT2D eigenvalue weighted by molar-refractivity contribution is 6.09. The Morgan fingerprint density at radius 1 is 0.909 bits per heavy atom. The molecule has 3 aromatic carbocycles. The van der Waals surface area contributed by atoms with Crippen molar-refractivity contribution < 1.29 is 15.0 Å². The van der Waals surface area contributed by atoms with Gasteiger partial charge in [0.25, 0.3) is 5.91 Å². The minimum Gasteiger partial charge on any atom is -0.508 e. The number of amides is 1. The summed E-state index contributed by atoms with van der Waals surface area (Å²) < 4.78 is 0. The molecule has 1 amide bonds. The average Bonchev–Trinajstić information content (AvgIpc) is 2.81. The first-order valence-corrected chi connectivity index (χ1v) is 10.7. The maximum absolute atomic E-state index is 13.3. The lowest BCUT2D eigenvalue weighted by molar-refractivity contribution is 0.0956. The van der Waals surface area contributed by atoms with E-state index in [2.05, 4.69) is 10.5 Å². The molecule has 4 aromatic rings. The Balaban J connectivity index is 1.76. The monoisotopic (exact) mass is 439 g/mol. The number of phenolic OH excluding ortho intramolecular Hbond substituents is 2. The predicted molar refractivity (Wildman–Crippen MR) is 131 cm³/mol. The van der Waals surface area contributed by atoms with Gasteiger partial charge in [0.15, 0.2) is 0 Å². The second-order valence-electron chi connectivity index (χ2n) is 8.00. The zero-order chi connectivity index (χ0) is 23.5. The molecule has 0 saturated heterocycles. The van der Waals surface area contributed by atoms with Crippen molar-refractivity contribution in [2.45, 2.75) is 27.2 Å². The topological polar surface area (TPSA) is 94.8 Å². The van der Waals surface area contributed by atoms with E-state index in [0.717, 1.165) is 22.1 Å². The van der Waals surface area contributed by atoms with Crippen LogP contribution < -0.4 is 5.43 Å². The van der Waals surface area contributed by atoms with Gasteiger partial charge in [0.2, 0.25) is 0 Å². The molecule has 0 radical (unpaired) electrons. The van der Waals surface area contributed by atoms with E-state index in [0.29, 0.717) is 34.5 Å². The summed E-state index contributed by atoms with van der Waals surface area (Å²) in [5, 5.41) is 24.9. The van der Waals surface area contributed by atoms with Crippen LogP contribution in [0.5, 0.6) is 11.5 Å². The average molecular weight is 440 g/mol. The van der Waals surface area contributed by atoms with Crippen LogP contribution in [-0.2, 0) is 0 Å². The summed E-state index contributed by atoms with van der Waals surface area (Å²) in [6, 6.07) is 19.8. The molecule has 0 atom stereocenters. The number of phenols is 2. The van der Waals surface area contributed by atoms with Crippen LogP contribution in [0.25, 0.3) is 22.2 Å². The van der Waals surface area contributed by atoms with Crippen molar-refractivity contribution in [3.05, 3.63) is 89.0 Å². The number of carbonyl (C=O) groups excluding carboxylic acids is 1. The number of aryl methyl sites for hydroxylation is 2. The largest absolute Gasteiger partial charge is 0.508 e. The number of aromatic hydroxyl groups is 2. The fourth-order valence-corrected chi connectivity index (χ4v) is 3.66. The molecule has 1 heterocycles. The highest BCUT2D eigenvalue weighted by atomic mass is 16.3. The molecule has 1 aromatic heterocycles. The van der Waals surface area contributed by atoms with Gasteiger partial charge in [-0.15, -0.1) is 0 Å². The molecule has 6 nitrogen and oxygen atoms in total. The summed E-state index contributed by atoms with van der Waals surface area (Å²) in [7, 11) is 0. The lowest BCUT2D eigenvalue weighted by Crippen LogP contribution is -2.20. The van der Waals surface area contributed by atoms with Crippen molar-refractivity contribution in [2.75, 3.05) is 0 Å². The van der Waals surface area contributed by atoms with Crippen LogP contribution in [-0.4, -0.2) is 26.8 Å². The molecule has 6 heteroatoms. The number of aromatic nitrogens is 1. The second kappa shape index (κ2) is 9.12. The number of hydrogen-bond acceptors (Lipinski definition) is 5. The summed E-state index contributed by atoms with van der Waals surface area (Å²) in [5.41, 5.74) is 8.39. The molecule has 0 fully saturated rings. The van der Waals surface area contributed by atoms with Crippen molar-refractivity contribution in [1.82, 2.24) is 10.4 Å². The molecule has 0 spiro atoms. The fourth-order valence-electron chi connectivity index (χ4n) is 3.66. The molecule has 0 unspecified atom stereocenters. The molecule has 3 N–H and O–H groups in total. The second-order valence-corrected chi connectivity index (χ2v) is 8.00. The van der Waals surface area contributed by atoms with Gasteiger partial charge in [-0.3, -0.25) is 4.79 Å². The third-order valence-electron chi connectivity index (χ3n) is 5.47. The quantitative estimate of drug-likeness (QED) is 0.218. The third-order valence-corrected chi connectivity index (χ3v) is 5.47. The standard InChI is InChI=1S/C27H25N3O3/c1-4-23(22-14-19(31)10-12-26(22)32)29-30-27(33)21-15-25(18-8-5-16(2)6-9-18)28-24-11-7-17(3)13-20(21)24/h5-15,31-32H,4H2,1-3H3,(H,30,33). The summed E-state index contributed by atoms with van der Waals surface area (Å²) in [6.45, 7) is 5.84. The van der Waals surface area contributed by atoms with Crippen LogP contribution >= 0.6 is 0 Å². The lowest BCUT2D eigenvalue weighted by Gasteiger charge is -2.11. The highest BCUT2D eigenvalue weighted by Gasteiger charge is 2.15. The van der Waals surface area contributed by atoms with Crippen molar-refractivity contribution >= 4 is 22.5 Å². The van der Waals surface area contributed by atoms with Crippen LogP contribution in [0.3, 0.4) is 0 Å².